The van der Waals surface area contributed by atoms with Crippen molar-refractivity contribution in [1.29, 1.82) is 0 Å². The maximum atomic E-state index is 3.65. The summed E-state index contributed by atoms with van der Waals surface area (Å²) in [5, 5.41) is 0. The Bertz CT molecular complexity index is 172. The molecule has 0 saturated carbocycles. The molecule has 0 rings (SSSR count). The minimum absolute atomic E-state index is 1.09. The van der Waals surface area contributed by atoms with Crippen molar-refractivity contribution in [3.05, 3.63) is 43.4 Å². The molecule has 0 aliphatic heterocycles. The smallest absolute Gasteiger partial charge is 0.0169 e. The predicted octanol–water partition coefficient (Wildman–Crippen LogP) is 4.85. The van der Waals surface area contributed by atoms with Crippen molar-refractivity contribution in [1.82, 2.24) is 0 Å². The number of hydrogen-bond acceptors (Lipinski definition) is 0. The maximum Gasteiger partial charge on any atom is -0.0169 e. The Balaban J connectivity index is 3.19. The summed E-state index contributed by atoms with van der Waals surface area (Å²) in [6, 6.07) is 0. The van der Waals surface area contributed by atoms with Crippen molar-refractivity contribution >= 4 is 0 Å². The van der Waals surface area contributed by atoms with Gasteiger partial charge in [-0.2, -0.15) is 0 Å². The zero-order valence-electron chi connectivity index (χ0n) is 9.41. The molecule has 0 aromatic rings. The third-order valence-electron chi connectivity index (χ3n) is 1.97. The summed E-state index contributed by atoms with van der Waals surface area (Å²) in [4.78, 5) is 0. The van der Waals surface area contributed by atoms with Gasteiger partial charge in [0, 0.05) is 0 Å². The lowest BCUT2D eigenvalue weighted by atomic mass is 10.2. The Morgan fingerprint density at radius 2 is 1.50 bits per heavy atom. The van der Waals surface area contributed by atoms with Gasteiger partial charge in [0.25, 0.3) is 0 Å². The van der Waals surface area contributed by atoms with Gasteiger partial charge in [0.2, 0.25) is 0 Å². The van der Waals surface area contributed by atoms with Gasteiger partial charge in [-0.15, -0.1) is 0 Å². The summed E-state index contributed by atoms with van der Waals surface area (Å²) < 4.78 is 0. The molecular weight excluding hydrogens is 168 g/mol. The first-order valence-corrected chi connectivity index (χ1v) is 5.66. The van der Waals surface area contributed by atoms with Crippen LogP contribution in [0.3, 0.4) is 0 Å². The van der Waals surface area contributed by atoms with Gasteiger partial charge in [-0.1, -0.05) is 49.8 Å². The van der Waals surface area contributed by atoms with Gasteiger partial charge in [0.15, 0.2) is 0 Å². The summed E-state index contributed by atoms with van der Waals surface area (Å²) in [7, 11) is 0. The lowest BCUT2D eigenvalue weighted by molar-refractivity contribution is 0.866. The Morgan fingerprint density at radius 1 is 0.857 bits per heavy atom. The molecule has 0 aliphatic carbocycles. The average molecular weight is 191 g/mol. The standard InChI is InChI=1S/C14H23/c1-3-5-7-9-11-13-14-12-10-8-6-4-2/h3,5,8,10,13-14H,1,4,6-7,9,11-12H2,2H3. The second-order valence-electron chi connectivity index (χ2n) is 3.37. The molecule has 0 aromatic carbocycles. The first-order valence-electron chi connectivity index (χ1n) is 5.66. The van der Waals surface area contributed by atoms with Crippen LogP contribution >= 0.6 is 0 Å². The SMILES string of the molecule is [CH2]C=CCCCC=CCC=CCCC. The first-order chi connectivity index (χ1) is 6.91. The van der Waals surface area contributed by atoms with E-state index in [4.69, 9.17) is 0 Å². The molecule has 0 atom stereocenters. The molecule has 0 aliphatic rings. The molecule has 0 N–H and O–H groups in total. The van der Waals surface area contributed by atoms with Gasteiger partial charge in [-0.25, -0.2) is 0 Å². The minimum Gasteiger partial charge on any atom is -0.0885 e. The minimum atomic E-state index is 1.09. The van der Waals surface area contributed by atoms with Crippen molar-refractivity contribution < 1.29 is 0 Å². The maximum absolute atomic E-state index is 3.65. The Kier molecular flexibility index (Phi) is 11.5. The fourth-order valence-corrected chi connectivity index (χ4v) is 1.14. The van der Waals surface area contributed by atoms with E-state index < -0.39 is 0 Å². The molecule has 1 radical (unpaired) electrons. The van der Waals surface area contributed by atoms with Crippen LogP contribution in [0.4, 0.5) is 0 Å². The van der Waals surface area contributed by atoms with Crippen molar-refractivity contribution in [3.8, 4) is 0 Å². The van der Waals surface area contributed by atoms with Crippen LogP contribution in [0.15, 0.2) is 36.5 Å². The number of unbranched alkanes of at least 4 members (excludes halogenated alkanes) is 3. The number of allylic oxidation sites excluding steroid dienone is 6. The van der Waals surface area contributed by atoms with E-state index in [1.165, 1.54) is 25.7 Å². The summed E-state index contributed by atoms with van der Waals surface area (Å²) in [6.07, 6.45) is 20.1. The molecule has 0 nitrogen and oxygen atoms in total. The van der Waals surface area contributed by atoms with E-state index >= 15 is 0 Å². The Labute approximate surface area is 89.4 Å². The third-order valence-corrected chi connectivity index (χ3v) is 1.97. The molecule has 14 heavy (non-hydrogen) atoms. The Hall–Kier alpha value is -0.780. The lowest BCUT2D eigenvalue weighted by Gasteiger charge is -1.89. The van der Waals surface area contributed by atoms with E-state index in [9.17, 15) is 0 Å². The Morgan fingerprint density at radius 3 is 2.14 bits per heavy atom. The largest absolute Gasteiger partial charge is 0.0885 e. The van der Waals surface area contributed by atoms with E-state index in [1.807, 2.05) is 6.08 Å². The molecule has 0 saturated heterocycles. The highest BCUT2D eigenvalue weighted by Gasteiger charge is 1.79. The zero-order chi connectivity index (χ0) is 10.5. The summed E-state index contributed by atoms with van der Waals surface area (Å²) in [5.74, 6) is 0. The van der Waals surface area contributed by atoms with E-state index in [1.54, 1.807) is 0 Å². The van der Waals surface area contributed by atoms with Gasteiger partial charge < -0.3 is 0 Å². The fraction of sp³-hybridized carbons (Fsp3) is 0.500. The normalized spacial score (nSPS) is 12.4. The molecular formula is C14H23. The highest BCUT2D eigenvalue weighted by atomic mass is 13.9. The molecule has 0 fully saturated rings. The highest BCUT2D eigenvalue weighted by Crippen LogP contribution is 1.99. The van der Waals surface area contributed by atoms with Crippen LogP contribution in [-0.4, -0.2) is 0 Å². The summed E-state index contributed by atoms with van der Waals surface area (Å²) in [6.45, 7) is 5.86. The summed E-state index contributed by atoms with van der Waals surface area (Å²) >= 11 is 0. The topological polar surface area (TPSA) is 0 Å². The van der Waals surface area contributed by atoms with E-state index in [0.29, 0.717) is 0 Å². The molecule has 0 bridgehead atoms. The van der Waals surface area contributed by atoms with Crippen LogP contribution in [0.2, 0.25) is 0 Å². The molecule has 0 spiro atoms. The van der Waals surface area contributed by atoms with Crippen molar-refractivity contribution in [2.24, 2.45) is 0 Å². The first kappa shape index (κ1) is 13.2. The van der Waals surface area contributed by atoms with E-state index in [2.05, 4.69) is 44.2 Å². The molecule has 79 valence electrons. The lowest BCUT2D eigenvalue weighted by Crippen LogP contribution is -1.69. The van der Waals surface area contributed by atoms with Crippen LogP contribution < -0.4 is 0 Å². The highest BCUT2D eigenvalue weighted by molar-refractivity contribution is 4.93. The van der Waals surface area contributed by atoms with E-state index in [0.717, 1.165) is 12.8 Å². The molecule has 0 amide bonds. The van der Waals surface area contributed by atoms with Crippen LogP contribution in [0, 0.1) is 6.92 Å². The van der Waals surface area contributed by atoms with Crippen molar-refractivity contribution in [2.45, 2.75) is 45.4 Å². The zero-order valence-corrected chi connectivity index (χ0v) is 9.41. The van der Waals surface area contributed by atoms with E-state index in [-0.39, 0.29) is 0 Å². The molecule has 0 unspecified atom stereocenters. The van der Waals surface area contributed by atoms with Gasteiger partial charge in [0.05, 0.1) is 0 Å². The molecule has 0 heterocycles. The number of hydrogen-bond donors (Lipinski definition) is 0. The van der Waals surface area contributed by atoms with Crippen molar-refractivity contribution in [3.63, 3.8) is 0 Å². The van der Waals surface area contributed by atoms with Gasteiger partial charge >= 0.3 is 0 Å². The quantitative estimate of drug-likeness (QED) is 0.380. The van der Waals surface area contributed by atoms with Gasteiger partial charge in [-0.05, 0) is 39.0 Å². The summed E-state index contributed by atoms with van der Waals surface area (Å²) in [5.41, 5.74) is 0. The van der Waals surface area contributed by atoms with Crippen LogP contribution in [0.25, 0.3) is 0 Å². The fourth-order valence-electron chi connectivity index (χ4n) is 1.14. The predicted molar refractivity (Wildman–Crippen MR) is 66.2 cm³/mol. The van der Waals surface area contributed by atoms with Crippen LogP contribution in [0.1, 0.15) is 45.4 Å². The molecule has 0 heteroatoms. The second-order valence-corrected chi connectivity index (χ2v) is 3.37. The van der Waals surface area contributed by atoms with Crippen LogP contribution in [0.5, 0.6) is 0 Å². The number of rotatable bonds is 8. The second kappa shape index (κ2) is 12.2. The van der Waals surface area contributed by atoms with Gasteiger partial charge in [-0.3, -0.25) is 0 Å². The van der Waals surface area contributed by atoms with Crippen LogP contribution in [-0.2, 0) is 0 Å². The van der Waals surface area contributed by atoms with Gasteiger partial charge in [0.1, 0.15) is 0 Å². The van der Waals surface area contributed by atoms with Crippen molar-refractivity contribution in [2.75, 3.05) is 0 Å². The monoisotopic (exact) mass is 191 g/mol. The average Bonchev–Trinajstić information content (AvgIpc) is 2.21. The molecule has 0 aromatic heterocycles. The third kappa shape index (κ3) is 11.2.